The summed E-state index contributed by atoms with van der Waals surface area (Å²) >= 11 is 2.92. The van der Waals surface area contributed by atoms with Gasteiger partial charge in [-0.15, -0.1) is 0 Å². The van der Waals surface area contributed by atoms with Gasteiger partial charge in [-0.25, -0.2) is 23.0 Å². The largest absolute Gasteiger partial charge is 0.271 e. The molecule has 0 bridgehead atoms. The molecule has 3 N–H and O–H groups in total. The Morgan fingerprint density at radius 3 is 2.20 bits per heavy atom. The molecule has 2 rings (SSSR count). The Labute approximate surface area is 120 Å². The van der Waals surface area contributed by atoms with Crippen LogP contribution < -0.4 is 11.3 Å². The van der Waals surface area contributed by atoms with Crippen LogP contribution in [0.2, 0.25) is 0 Å². The van der Waals surface area contributed by atoms with E-state index >= 15 is 0 Å². The minimum Gasteiger partial charge on any atom is -0.271 e. The summed E-state index contributed by atoms with van der Waals surface area (Å²) in [5, 5.41) is 0. The molecule has 0 aromatic heterocycles. The lowest BCUT2D eigenvalue weighted by atomic mass is 9.99. The van der Waals surface area contributed by atoms with E-state index in [0.717, 1.165) is 18.2 Å². The minimum atomic E-state index is -1.08. The summed E-state index contributed by atoms with van der Waals surface area (Å²) in [6.45, 7) is 0. The maximum Gasteiger partial charge on any atom is 0.173 e. The van der Waals surface area contributed by atoms with Crippen molar-refractivity contribution >= 4 is 15.9 Å². The molecule has 2 aromatic carbocycles. The third kappa shape index (κ3) is 2.70. The first-order chi connectivity index (χ1) is 9.45. The molecular formula is C13H9BrF4N2. The van der Waals surface area contributed by atoms with Gasteiger partial charge in [0.25, 0.3) is 0 Å². The number of hydrazine groups is 1. The third-order valence-electron chi connectivity index (χ3n) is 2.82. The Hall–Kier alpha value is -1.44. The van der Waals surface area contributed by atoms with Crippen molar-refractivity contribution in [2.45, 2.75) is 6.04 Å². The van der Waals surface area contributed by atoms with Crippen LogP contribution in [-0.2, 0) is 0 Å². The Morgan fingerprint density at radius 2 is 1.60 bits per heavy atom. The summed E-state index contributed by atoms with van der Waals surface area (Å²) in [6.07, 6.45) is 0. The summed E-state index contributed by atoms with van der Waals surface area (Å²) in [5.41, 5.74) is 2.90. The van der Waals surface area contributed by atoms with Gasteiger partial charge in [-0.05, 0) is 45.3 Å². The highest BCUT2D eigenvalue weighted by molar-refractivity contribution is 9.10. The molecule has 0 amide bonds. The maximum atomic E-state index is 13.5. The highest BCUT2D eigenvalue weighted by atomic mass is 79.9. The number of benzene rings is 2. The zero-order valence-electron chi connectivity index (χ0n) is 9.93. The van der Waals surface area contributed by atoms with Gasteiger partial charge < -0.3 is 0 Å². The van der Waals surface area contributed by atoms with Crippen molar-refractivity contribution in [1.29, 1.82) is 0 Å². The molecule has 20 heavy (non-hydrogen) atoms. The average Bonchev–Trinajstić information content (AvgIpc) is 2.43. The molecule has 106 valence electrons. The first kappa shape index (κ1) is 15.0. The lowest BCUT2D eigenvalue weighted by molar-refractivity contribution is 0.495. The van der Waals surface area contributed by atoms with Crippen LogP contribution in [0, 0.1) is 23.3 Å². The van der Waals surface area contributed by atoms with Crippen LogP contribution in [0.3, 0.4) is 0 Å². The molecule has 0 spiro atoms. The molecule has 7 heteroatoms. The molecule has 2 nitrogen and oxygen atoms in total. The van der Waals surface area contributed by atoms with Gasteiger partial charge in [0.05, 0.1) is 10.5 Å². The van der Waals surface area contributed by atoms with Crippen molar-refractivity contribution in [2.24, 2.45) is 5.84 Å². The van der Waals surface area contributed by atoms with Crippen molar-refractivity contribution < 1.29 is 17.6 Å². The Balaban J connectivity index is 2.52. The van der Waals surface area contributed by atoms with E-state index in [4.69, 9.17) is 5.84 Å². The lowest BCUT2D eigenvalue weighted by Crippen LogP contribution is -2.29. The van der Waals surface area contributed by atoms with E-state index < -0.39 is 29.3 Å². The van der Waals surface area contributed by atoms with E-state index in [9.17, 15) is 17.6 Å². The second-order valence-electron chi connectivity index (χ2n) is 4.04. The molecule has 0 heterocycles. The molecule has 0 aliphatic carbocycles. The van der Waals surface area contributed by atoms with E-state index in [1.165, 1.54) is 12.1 Å². The van der Waals surface area contributed by atoms with Crippen LogP contribution in [0.4, 0.5) is 17.6 Å². The quantitative estimate of drug-likeness (QED) is 0.385. The number of rotatable bonds is 3. The zero-order chi connectivity index (χ0) is 14.9. The third-order valence-corrected chi connectivity index (χ3v) is 3.63. The first-order valence-electron chi connectivity index (χ1n) is 5.50. The van der Waals surface area contributed by atoms with Gasteiger partial charge >= 0.3 is 0 Å². The van der Waals surface area contributed by atoms with Crippen LogP contribution in [0.15, 0.2) is 34.8 Å². The molecule has 2 aromatic rings. The van der Waals surface area contributed by atoms with Gasteiger partial charge in [-0.1, -0.05) is 12.1 Å². The van der Waals surface area contributed by atoms with E-state index in [-0.39, 0.29) is 15.6 Å². The van der Waals surface area contributed by atoms with E-state index in [1.807, 2.05) is 0 Å². The molecule has 1 unspecified atom stereocenters. The number of halogens is 5. The summed E-state index contributed by atoms with van der Waals surface area (Å²) in [7, 11) is 0. The number of nitrogens with one attached hydrogen (secondary N) is 1. The molecule has 0 saturated heterocycles. The topological polar surface area (TPSA) is 38.0 Å². The van der Waals surface area contributed by atoms with Crippen LogP contribution in [0.25, 0.3) is 0 Å². The van der Waals surface area contributed by atoms with Crippen molar-refractivity contribution in [2.75, 3.05) is 0 Å². The van der Waals surface area contributed by atoms with Gasteiger partial charge in [-0.3, -0.25) is 5.84 Å². The maximum absolute atomic E-state index is 13.5. The van der Waals surface area contributed by atoms with E-state index in [0.29, 0.717) is 0 Å². The molecular weight excluding hydrogens is 340 g/mol. The van der Waals surface area contributed by atoms with Gasteiger partial charge in [0.15, 0.2) is 23.3 Å². The fourth-order valence-electron chi connectivity index (χ4n) is 1.82. The van der Waals surface area contributed by atoms with E-state index in [2.05, 4.69) is 21.4 Å². The number of hydrogen-bond donors (Lipinski definition) is 2. The fourth-order valence-corrected chi connectivity index (χ4v) is 2.37. The Morgan fingerprint density at radius 1 is 0.950 bits per heavy atom. The summed E-state index contributed by atoms with van der Waals surface area (Å²) < 4.78 is 52.6. The molecule has 0 aliphatic heterocycles. The second-order valence-corrected chi connectivity index (χ2v) is 4.83. The predicted molar refractivity (Wildman–Crippen MR) is 69.6 cm³/mol. The summed E-state index contributed by atoms with van der Waals surface area (Å²) in [4.78, 5) is 0. The second kappa shape index (κ2) is 5.90. The van der Waals surface area contributed by atoms with Crippen LogP contribution in [-0.4, -0.2) is 0 Å². The van der Waals surface area contributed by atoms with Gasteiger partial charge in [-0.2, -0.15) is 0 Å². The molecule has 0 aliphatic rings. The van der Waals surface area contributed by atoms with Crippen molar-refractivity contribution in [3.8, 4) is 0 Å². The SMILES string of the molecule is NNC(c1ccc(F)c(F)c1)c1ccc(F)c(F)c1Br. The molecule has 0 fully saturated rings. The Kier molecular flexibility index (Phi) is 4.42. The minimum absolute atomic E-state index is 0.134. The van der Waals surface area contributed by atoms with Crippen LogP contribution in [0.1, 0.15) is 17.2 Å². The Bertz CT molecular complexity index is 649. The monoisotopic (exact) mass is 348 g/mol. The number of hydrogen-bond acceptors (Lipinski definition) is 2. The first-order valence-corrected chi connectivity index (χ1v) is 6.29. The van der Waals surface area contributed by atoms with Crippen LogP contribution in [0.5, 0.6) is 0 Å². The normalized spacial score (nSPS) is 12.5. The van der Waals surface area contributed by atoms with Crippen molar-refractivity contribution in [3.63, 3.8) is 0 Å². The van der Waals surface area contributed by atoms with Gasteiger partial charge in [0.2, 0.25) is 0 Å². The average molecular weight is 349 g/mol. The predicted octanol–water partition coefficient (Wildman–Crippen LogP) is 3.56. The fraction of sp³-hybridized carbons (Fsp3) is 0.0769. The van der Waals surface area contributed by atoms with Crippen molar-refractivity contribution in [1.82, 2.24) is 5.43 Å². The van der Waals surface area contributed by atoms with Crippen LogP contribution >= 0.6 is 15.9 Å². The smallest absolute Gasteiger partial charge is 0.173 e. The van der Waals surface area contributed by atoms with Crippen molar-refractivity contribution in [3.05, 3.63) is 69.2 Å². The highest BCUT2D eigenvalue weighted by Crippen LogP contribution is 2.31. The number of nitrogens with two attached hydrogens (primary N) is 1. The standard InChI is InChI=1S/C13H9BrF4N2/c14-11-7(2-4-9(16)12(11)18)13(20-19)6-1-3-8(15)10(17)5-6/h1-5,13,20H,19H2. The summed E-state index contributed by atoms with van der Waals surface area (Å²) in [5.74, 6) is 1.21. The molecule has 0 saturated carbocycles. The van der Waals surface area contributed by atoms with E-state index in [1.54, 1.807) is 0 Å². The van der Waals surface area contributed by atoms with Gasteiger partial charge in [0, 0.05) is 0 Å². The lowest BCUT2D eigenvalue weighted by Gasteiger charge is -2.19. The molecule has 1 atom stereocenters. The van der Waals surface area contributed by atoms with Gasteiger partial charge in [0.1, 0.15) is 0 Å². The highest BCUT2D eigenvalue weighted by Gasteiger charge is 2.20. The molecule has 0 radical (unpaired) electrons. The summed E-state index contributed by atoms with van der Waals surface area (Å²) in [6, 6.07) is 4.58. The zero-order valence-corrected chi connectivity index (χ0v) is 11.5.